The zero-order valence-corrected chi connectivity index (χ0v) is 21.8. The molecule has 7 rings (SSSR count). The number of nitrogen functional groups attached to an aromatic ring is 1. The number of anilines is 2. The van der Waals surface area contributed by atoms with Gasteiger partial charge in [-0.1, -0.05) is 23.7 Å². The molecule has 4 heterocycles. The van der Waals surface area contributed by atoms with Crippen molar-refractivity contribution < 1.29 is 9.47 Å². The van der Waals surface area contributed by atoms with Crippen molar-refractivity contribution in [2.24, 2.45) is 5.92 Å². The van der Waals surface area contributed by atoms with Crippen molar-refractivity contribution in [2.45, 2.75) is 76.0 Å². The molecule has 8 nitrogen and oxygen atoms in total. The summed E-state index contributed by atoms with van der Waals surface area (Å²) in [6, 6.07) is 11.0. The lowest BCUT2D eigenvalue weighted by atomic mass is 9.95. The van der Waals surface area contributed by atoms with Crippen LogP contribution in [0.25, 0.3) is 21.9 Å². The second-order valence-electron chi connectivity index (χ2n) is 11.2. The number of hydrogen-bond donors (Lipinski definition) is 2. The maximum atomic E-state index is 6.49. The van der Waals surface area contributed by atoms with Crippen LogP contribution in [0.1, 0.15) is 51.1 Å². The van der Waals surface area contributed by atoms with Gasteiger partial charge in [0.15, 0.2) is 5.79 Å². The minimum atomic E-state index is -0.605. The van der Waals surface area contributed by atoms with Gasteiger partial charge in [0.05, 0.1) is 28.1 Å². The second kappa shape index (κ2) is 8.55. The number of nitrogens with zero attached hydrogens (tertiary/aromatic N) is 4. The zero-order chi connectivity index (χ0) is 25.3. The van der Waals surface area contributed by atoms with E-state index in [2.05, 4.69) is 55.3 Å². The third kappa shape index (κ3) is 4.21. The van der Waals surface area contributed by atoms with E-state index < -0.39 is 5.79 Å². The number of hydrogen-bond acceptors (Lipinski definition) is 7. The van der Waals surface area contributed by atoms with Gasteiger partial charge in [-0.3, -0.25) is 0 Å². The van der Waals surface area contributed by atoms with Gasteiger partial charge in [0.2, 0.25) is 0 Å². The molecule has 0 radical (unpaired) electrons. The van der Waals surface area contributed by atoms with Crippen molar-refractivity contribution in [1.29, 1.82) is 0 Å². The molecule has 3 aromatic heterocycles. The number of halogens is 1. The number of pyridine rings is 1. The molecule has 2 aliphatic carbocycles. The van der Waals surface area contributed by atoms with Crippen LogP contribution >= 0.6 is 11.6 Å². The van der Waals surface area contributed by atoms with Crippen LogP contribution in [0.5, 0.6) is 0 Å². The maximum absolute atomic E-state index is 6.49. The van der Waals surface area contributed by atoms with Crippen molar-refractivity contribution in [3.63, 3.8) is 0 Å². The highest BCUT2D eigenvalue weighted by molar-refractivity contribution is 6.33. The molecule has 1 saturated heterocycles. The smallest absolute Gasteiger partial charge is 0.163 e. The largest absolute Gasteiger partial charge is 0.382 e. The van der Waals surface area contributed by atoms with Crippen molar-refractivity contribution in [1.82, 2.24) is 19.5 Å². The van der Waals surface area contributed by atoms with Gasteiger partial charge in [-0.05, 0) is 75.6 Å². The van der Waals surface area contributed by atoms with Crippen LogP contribution in [0.4, 0.5) is 11.6 Å². The topological polar surface area (TPSA) is 100 Å². The molecule has 1 aromatic carbocycles. The summed E-state index contributed by atoms with van der Waals surface area (Å²) in [5.74, 6) is 1.05. The molecule has 37 heavy (non-hydrogen) atoms. The van der Waals surface area contributed by atoms with E-state index in [9.17, 15) is 0 Å². The fraction of sp³-hybridized carbons (Fsp3) is 0.464. The fourth-order valence-corrected chi connectivity index (χ4v) is 6.26. The molecule has 0 unspecified atom stereocenters. The predicted octanol–water partition coefficient (Wildman–Crippen LogP) is 5.50. The van der Waals surface area contributed by atoms with E-state index in [0.717, 1.165) is 47.0 Å². The highest BCUT2D eigenvalue weighted by atomic mass is 35.5. The highest BCUT2D eigenvalue weighted by Gasteiger charge is 2.54. The van der Waals surface area contributed by atoms with Crippen LogP contribution in [0.3, 0.4) is 0 Å². The maximum Gasteiger partial charge on any atom is 0.163 e. The Hall–Kier alpha value is -2.94. The first kappa shape index (κ1) is 23.2. The standard InChI is InChI=1S/C28H31ClN6O2/c1-28(2)36-23-17(6-4-15-3-5-16-12-20(29)25(30)34-21(16)11-15)13-22(24(23)37-28)35-10-9-19-26(33-18-7-8-18)31-14-32-27(19)35/h3,5,9-12,14,17-18,22-24H,4,6-8,13H2,1-2H3,(H2,30,34)(H,31,32,33)/t17-,22+,23+,24-/m0/s1. The number of benzene rings is 1. The molecule has 0 spiro atoms. The van der Waals surface area contributed by atoms with Crippen LogP contribution in [-0.2, 0) is 15.9 Å². The van der Waals surface area contributed by atoms with E-state index in [1.54, 1.807) is 6.33 Å². The average molecular weight is 519 g/mol. The molecule has 3 fully saturated rings. The molecular formula is C28H31ClN6O2. The van der Waals surface area contributed by atoms with Crippen LogP contribution < -0.4 is 11.1 Å². The molecule has 0 amide bonds. The van der Waals surface area contributed by atoms with Crippen molar-refractivity contribution >= 4 is 45.2 Å². The minimum absolute atomic E-state index is 0.0226. The Morgan fingerprint density at radius 1 is 1.14 bits per heavy atom. The summed E-state index contributed by atoms with van der Waals surface area (Å²) >= 11 is 6.15. The summed E-state index contributed by atoms with van der Waals surface area (Å²) in [6.07, 6.45) is 9.12. The number of fused-ring (bicyclic) bond motifs is 3. The quantitative estimate of drug-likeness (QED) is 0.347. The molecule has 3 aliphatic rings. The summed E-state index contributed by atoms with van der Waals surface area (Å²) in [5.41, 5.74) is 9.00. The average Bonchev–Trinajstić information content (AvgIpc) is 3.35. The van der Waals surface area contributed by atoms with Crippen LogP contribution in [0.2, 0.25) is 5.02 Å². The normalized spacial score (nSPS) is 26.7. The lowest BCUT2D eigenvalue weighted by Gasteiger charge is -2.24. The minimum Gasteiger partial charge on any atom is -0.382 e. The molecule has 4 atom stereocenters. The van der Waals surface area contributed by atoms with E-state index in [1.165, 1.54) is 18.4 Å². The first-order valence-corrected chi connectivity index (χ1v) is 13.5. The monoisotopic (exact) mass is 518 g/mol. The van der Waals surface area contributed by atoms with Gasteiger partial charge in [0.25, 0.3) is 0 Å². The number of nitrogens with one attached hydrogen (secondary N) is 1. The molecule has 4 aromatic rings. The number of ether oxygens (including phenoxy) is 2. The summed E-state index contributed by atoms with van der Waals surface area (Å²) in [4.78, 5) is 13.7. The van der Waals surface area contributed by atoms with Gasteiger partial charge < -0.3 is 25.1 Å². The number of aromatic nitrogens is 4. The van der Waals surface area contributed by atoms with E-state index in [0.29, 0.717) is 22.8 Å². The fourth-order valence-electron chi connectivity index (χ4n) is 6.10. The second-order valence-corrected chi connectivity index (χ2v) is 11.6. The Kier molecular flexibility index (Phi) is 5.36. The van der Waals surface area contributed by atoms with Crippen molar-refractivity contribution in [2.75, 3.05) is 11.1 Å². The SMILES string of the molecule is CC1(C)O[C@@H]2[C@@H](CCc3ccc4cc(Cl)c(N)nc4c3)C[C@@H](n3ccc4c(NC5CC5)ncnc43)[C@@H]2O1. The molecule has 0 bridgehead atoms. The summed E-state index contributed by atoms with van der Waals surface area (Å²) in [6.45, 7) is 4.02. The van der Waals surface area contributed by atoms with Crippen molar-refractivity contribution in [3.8, 4) is 0 Å². The molecule has 192 valence electrons. The highest BCUT2D eigenvalue weighted by Crippen LogP contribution is 2.49. The van der Waals surface area contributed by atoms with Crippen LogP contribution in [0.15, 0.2) is 42.9 Å². The molecule has 9 heteroatoms. The van der Waals surface area contributed by atoms with Gasteiger partial charge in [-0.15, -0.1) is 0 Å². The van der Waals surface area contributed by atoms with Crippen molar-refractivity contribution in [3.05, 3.63) is 53.4 Å². The number of nitrogens with two attached hydrogens (primary N) is 1. The molecule has 1 aliphatic heterocycles. The first-order valence-electron chi connectivity index (χ1n) is 13.1. The van der Waals surface area contributed by atoms with E-state index >= 15 is 0 Å². The Bertz CT molecular complexity index is 1500. The molecule has 2 saturated carbocycles. The Morgan fingerprint density at radius 2 is 1.97 bits per heavy atom. The van der Waals surface area contributed by atoms with E-state index in [-0.39, 0.29) is 18.2 Å². The van der Waals surface area contributed by atoms with E-state index in [4.69, 9.17) is 26.8 Å². The Balaban J connectivity index is 1.15. The zero-order valence-electron chi connectivity index (χ0n) is 21.0. The van der Waals surface area contributed by atoms with Crippen LogP contribution in [0, 0.1) is 5.92 Å². The summed E-state index contributed by atoms with van der Waals surface area (Å²) < 4.78 is 15.2. The molecule has 3 N–H and O–H groups in total. The van der Waals surface area contributed by atoms with Crippen LogP contribution in [-0.4, -0.2) is 43.6 Å². The third-order valence-electron chi connectivity index (χ3n) is 8.00. The van der Waals surface area contributed by atoms with Gasteiger partial charge in [0.1, 0.15) is 29.7 Å². The Morgan fingerprint density at radius 3 is 2.81 bits per heavy atom. The first-order chi connectivity index (χ1) is 17.8. The predicted molar refractivity (Wildman–Crippen MR) is 145 cm³/mol. The summed E-state index contributed by atoms with van der Waals surface area (Å²) in [5, 5.41) is 6.10. The number of aryl methyl sites for hydroxylation is 1. The van der Waals surface area contributed by atoms with E-state index in [1.807, 2.05) is 19.9 Å². The van der Waals surface area contributed by atoms with Gasteiger partial charge >= 0.3 is 0 Å². The Labute approximate surface area is 220 Å². The third-order valence-corrected chi connectivity index (χ3v) is 8.31. The van der Waals surface area contributed by atoms with Gasteiger partial charge in [0, 0.05) is 17.6 Å². The van der Waals surface area contributed by atoms with Gasteiger partial charge in [-0.25, -0.2) is 15.0 Å². The number of rotatable bonds is 6. The summed E-state index contributed by atoms with van der Waals surface area (Å²) in [7, 11) is 0. The lowest BCUT2D eigenvalue weighted by molar-refractivity contribution is -0.160. The molecular weight excluding hydrogens is 488 g/mol. The lowest BCUT2D eigenvalue weighted by Crippen LogP contribution is -2.27. The van der Waals surface area contributed by atoms with Gasteiger partial charge in [-0.2, -0.15) is 0 Å².